The molecule has 1 aliphatic rings. The minimum absolute atomic E-state index is 0.177. The molecule has 4 heteroatoms. The number of nitrogens with zero attached hydrogens (tertiary/aromatic N) is 1. The highest BCUT2D eigenvalue weighted by Crippen LogP contribution is 2.19. The Morgan fingerprint density at radius 2 is 2.36 bits per heavy atom. The van der Waals surface area contributed by atoms with Crippen molar-refractivity contribution in [2.24, 2.45) is 11.7 Å². The van der Waals surface area contributed by atoms with Gasteiger partial charge < -0.3 is 15.4 Å². The molecule has 1 heterocycles. The van der Waals surface area contributed by atoms with Gasteiger partial charge in [-0.2, -0.15) is 0 Å². The third kappa shape index (κ3) is 2.87. The van der Waals surface area contributed by atoms with E-state index in [0.717, 1.165) is 19.4 Å². The molecule has 1 unspecified atom stereocenters. The summed E-state index contributed by atoms with van der Waals surface area (Å²) in [5.74, 6) is 0.592. The third-order valence-electron chi connectivity index (χ3n) is 2.42. The van der Waals surface area contributed by atoms with Gasteiger partial charge in [-0.1, -0.05) is 13.8 Å². The third-order valence-corrected chi connectivity index (χ3v) is 2.42. The first kappa shape index (κ1) is 11.3. The van der Waals surface area contributed by atoms with Gasteiger partial charge >= 0.3 is 6.09 Å². The fourth-order valence-corrected chi connectivity index (χ4v) is 1.76. The lowest BCUT2D eigenvalue weighted by atomic mass is 10.0. The monoisotopic (exact) mass is 200 g/mol. The second kappa shape index (κ2) is 5.20. The Balaban J connectivity index is 2.44. The van der Waals surface area contributed by atoms with Crippen LogP contribution < -0.4 is 5.73 Å². The molecule has 1 atom stereocenters. The number of ether oxygens (including phenoxy) is 1. The molecule has 82 valence electrons. The van der Waals surface area contributed by atoms with Crippen molar-refractivity contribution in [3.05, 3.63) is 0 Å². The van der Waals surface area contributed by atoms with Gasteiger partial charge in [0.25, 0.3) is 0 Å². The summed E-state index contributed by atoms with van der Waals surface area (Å²) in [5.41, 5.74) is 5.42. The quantitative estimate of drug-likeness (QED) is 0.725. The van der Waals surface area contributed by atoms with Gasteiger partial charge in [0.2, 0.25) is 0 Å². The average molecular weight is 200 g/mol. The molecule has 0 aromatic rings. The van der Waals surface area contributed by atoms with Crippen molar-refractivity contribution >= 4 is 6.09 Å². The van der Waals surface area contributed by atoms with E-state index in [1.54, 1.807) is 0 Å². The Kier molecular flexibility index (Phi) is 4.20. The zero-order chi connectivity index (χ0) is 10.6. The van der Waals surface area contributed by atoms with Crippen molar-refractivity contribution in [2.75, 3.05) is 19.7 Å². The predicted octanol–water partition coefficient (Wildman–Crippen LogP) is 1.20. The normalized spacial score (nSPS) is 21.9. The van der Waals surface area contributed by atoms with Crippen LogP contribution in [0.1, 0.15) is 26.7 Å². The number of rotatable bonds is 5. The lowest BCUT2D eigenvalue weighted by Crippen LogP contribution is -2.36. The van der Waals surface area contributed by atoms with Gasteiger partial charge in [0.1, 0.15) is 6.61 Å². The van der Waals surface area contributed by atoms with E-state index in [4.69, 9.17) is 10.5 Å². The van der Waals surface area contributed by atoms with Crippen molar-refractivity contribution < 1.29 is 9.53 Å². The van der Waals surface area contributed by atoms with E-state index in [0.29, 0.717) is 19.1 Å². The van der Waals surface area contributed by atoms with E-state index < -0.39 is 0 Å². The standard InChI is InChI=1S/C10H20N2O2/c1-8(2)6-9-7-14-10(13)12(9)5-3-4-11/h8-9H,3-7,11H2,1-2H3. The fourth-order valence-electron chi connectivity index (χ4n) is 1.76. The largest absolute Gasteiger partial charge is 0.447 e. The average Bonchev–Trinajstić information content (AvgIpc) is 2.44. The minimum atomic E-state index is -0.177. The summed E-state index contributed by atoms with van der Waals surface area (Å²) in [6, 6.07) is 0.258. The molecule has 0 aromatic carbocycles. The van der Waals surface area contributed by atoms with E-state index in [2.05, 4.69) is 13.8 Å². The molecule has 1 fully saturated rings. The van der Waals surface area contributed by atoms with Crippen LogP contribution >= 0.6 is 0 Å². The zero-order valence-electron chi connectivity index (χ0n) is 9.03. The maximum absolute atomic E-state index is 11.3. The lowest BCUT2D eigenvalue weighted by Gasteiger charge is -2.22. The lowest BCUT2D eigenvalue weighted by molar-refractivity contribution is 0.157. The van der Waals surface area contributed by atoms with Gasteiger partial charge in [0, 0.05) is 6.54 Å². The SMILES string of the molecule is CC(C)CC1COC(=O)N1CCCN. The molecule has 1 saturated heterocycles. The van der Waals surface area contributed by atoms with Crippen LogP contribution in [-0.2, 0) is 4.74 Å². The van der Waals surface area contributed by atoms with E-state index >= 15 is 0 Å². The first-order chi connectivity index (χ1) is 6.65. The van der Waals surface area contributed by atoms with Crippen LogP contribution in [0.2, 0.25) is 0 Å². The molecule has 14 heavy (non-hydrogen) atoms. The molecule has 0 aliphatic carbocycles. The van der Waals surface area contributed by atoms with Gasteiger partial charge in [-0.25, -0.2) is 4.79 Å². The molecule has 0 bridgehead atoms. The zero-order valence-corrected chi connectivity index (χ0v) is 9.03. The predicted molar refractivity (Wildman–Crippen MR) is 55.0 cm³/mol. The summed E-state index contributed by atoms with van der Waals surface area (Å²) >= 11 is 0. The van der Waals surface area contributed by atoms with Crippen molar-refractivity contribution in [3.63, 3.8) is 0 Å². The number of amides is 1. The molecular formula is C10H20N2O2. The summed E-state index contributed by atoms with van der Waals surface area (Å²) < 4.78 is 5.02. The molecule has 1 rings (SSSR count). The molecule has 0 spiro atoms. The van der Waals surface area contributed by atoms with E-state index in [-0.39, 0.29) is 12.1 Å². The summed E-state index contributed by atoms with van der Waals surface area (Å²) in [7, 11) is 0. The van der Waals surface area contributed by atoms with Gasteiger partial charge in [0.15, 0.2) is 0 Å². The van der Waals surface area contributed by atoms with Crippen LogP contribution in [0.4, 0.5) is 4.79 Å². The smallest absolute Gasteiger partial charge is 0.410 e. The van der Waals surface area contributed by atoms with Gasteiger partial charge in [-0.05, 0) is 25.3 Å². The van der Waals surface area contributed by atoms with E-state index in [1.165, 1.54) is 0 Å². The van der Waals surface area contributed by atoms with Crippen molar-refractivity contribution in [2.45, 2.75) is 32.7 Å². The van der Waals surface area contributed by atoms with Gasteiger partial charge in [-0.3, -0.25) is 0 Å². The van der Waals surface area contributed by atoms with E-state index in [9.17, 15) is 4.79 Å². The van der Waals surface area contributed by atoms with Crippen LogP contribution in [0.25, 0.3) is 0 Å². The molecule has 0 saturated carbocycles. The molecule has 0 aromatic heterocycles. The molecular weight excluding hydrogens is 180 g/mol. The highest BCUT2D eigenvalue weighted by Gasteiger charge is 2.32. The molecule has 0 radical (unpaired) electrons. The minimum Gasteiger partial charge on any atom is -0.447 e. The Morgan fingerprint density at radius 3 is 2.93 bits per heavy atom. The van der Waals surface area contributed by atoms with Crippen LogP contribution in [0.15, 0.2) is 0 Å². The topological polar surface area (TPSA) is 55.6 Å². The number of hydrogen-bond acceptors (Lipinski definition) is 3. The van der Waals surface area contributed by atoms with E-state index in [1.807, 2.05) is 4.90 Å². The number of carbonyl (C=O) groups is 1. The maximum atomic E-state index is 11.3. The number of nitrogens with two attached hydrogens (primary N) is 1. The number of hydrogen-bond donors (Lipinski definition) is 1. The van der Waals surface area contributed by atoms with Crippen LogP contribution in [0, 0.1) is 5.92 Å². The van der Waals surface area contributed by atoms with Crippen molar-refractivity contribution in [1.82, 2.24) is 4.90 Å². The molecule has 2 N–H and O–H groups in total. The number of cyclic esters (lactones) is 1. The molecule has 4 nitrogen and oxygen atoms in total. The van der Waals surface area contributed by atoms with Crippen molar-refractivity contribution in [1.29, 1.82) is 0 Å². The highest BCUT2D eigenvalue weighted by atomic mass is 16.6. The first-order valence-electron chi connectivity index (χ1n) is 5.28. The Morgan fingerprint density at radius 1 is 1.64 bits per heavy atom. The molecule has 1 amide bonds. The van der Waals surface area contributed by atoms with Gasteiger partial charge in [0.05, 0.1) is 6.04 Å². The first-order valence-corrected chi connectivity index (χ1v) is 5.28. The maximum Gasteiger partial charge on any atom is 0.410 e. The molecule has 1 aliphatic heterocycles. The summed E-state index contributed by atoms with van der Waals surface area (Å²) in [4.78, 5) is 13.1. The van der Waals surface area contributed by atoms with Crippen LogP contribution in [-0.4, -0.2) is 36.7 Å². The fraction of sp³-hybridized carbons (Fsp3) is 0.900. The second-order valence-electron chi connectivity index (χ2n) is 4.20. The Hall–Kier alpha value is -0.770. The van der Waals surface area contributed by atoms with Gasteiger partial charge in [-0.15, -0.1) is 0 Å². The highest BCUT2D eigenvalue weighted by molar-refractivity contribution is 5.70. The van der Waals surface area contributed by atoms with Crippen LogP contribution in [0.5, 0.6) is 0 Å². The second-order valence-corrected chi connectivity index (χ2v) is 4.20. The summed E-state index contributed by atoms with van der Waals surface area (Å²) in [5, 5.41) is 0. The Labute approximate surface area is 85.4 Å². The Bertz CT molecular complexity index is 195. The number of carbonyl (C=O) groups excluding carboxylic acids is 1. The summed E-state index contributed by atoms with van der Waals surface area (Å²) in [6.45, 7) is 6.21. The van der Waals surface area contributed by atoms with Crippen molar-refractivity contribution in [3.8, 4) is 0 Å². The van der Waals surface area contributed by atoms with Crippen LogP contribution in [0.3, 0.4) is 0 Å². The summed E-state index contributed by atoms with van der Waals surface area (Å²) in [6.07, 6.45) is 1.68.